The molecule has 0 fully saturated rings. The molecule has 1 unspecified atom stereocenters. The first-order valence-electron chi connectivity index (χ1n) is 11.2. The number of hydrogen-bond donors (Lipinski definition) is 1. The maximum absolute atomic E-state index is 13.0. The zero-order chi connectivity index (χ0) is 21.3. The van der Waals surface area contributed by atoms with Crippen molar-refractivity contribution >= 4 is 28.4 Å². The number of carbonyl (C=O) groups is 1. The number of benzene rings is 2. The largest absolute Gasteiger partial charge is 0.352 e. The number of hydrogen-bond acceptors (Lipinski definition) is 4. The molecule has 7 rings (SSSR count). The van der Waals surface area contributed by atoms with Crippen LogP contribution in [0.5, 0.6) is 0 Å². The van der Waals surface area contributed by atoms with Crippen molar-refractivity contribution in [3.8, 4) is 0 Å². The predicted octanol–water partition coefficient (Wildman–Crippen LogP) is 4.18. The topological polar surface area (TPSA) is 58.1 Å². The zero-order valence-corrected chi connectivity index (χ0v) is 17.6. The van der Waals surface area contributed by atoms with Crippen LogP contribution in [0.3, 0.4) is 0 Å². The van der Waals surface area contributed by atoms with Gasteiger partial charge in [0.25, 0.3) is 0 Å². The molecule has 156 valence electrons. The van der Waals surface area contributed by atoms with Crippen LogP contribution in [0, 0.1) is 0 Å². The molecule has 2 aromatic heterocycles. The van der Waals surface area contributed by atoms with Crippen LogP contribution < -0.4 is 10.2 Å². The van der Waals surface area contributed by atoms with E-state index in [4.69, 9.17) is 4.98 Å². The summed E-state index contributed by atoms with van der Waals surface area (Å²) in [6, 6.07) is 21.4. The average Bonchev–Trinajstić information content (AvgIpc) is 3.33. The summed E-state index contributed by atoms with van der Waals surface area (Å²) in [5.74, 6) is 1.79. The van der Waals surface area contributed by atoms with E-state index in [1.807, 2.05) is 12.1 Å². The highest BCUT2D eigenvalue weighted by molar-refractivity contribution is 6.06. The lowest BCUT2D eigenvalue weighted by atomic mass is 9.79. The molecule has 1 amide bonds. The molecule has 3 aliphatic rings. The van der Waals surface area contributed by atoms with E-state index >= 15 is 0 Å². The van der Waals surface area contributed by atoms with Gasteiger partial charge < -0.3 is 10.2 Å². The predicted molar refractivity (Wildman–Crippen MR) is 125 cm³/mol. The van der Waals surface area contributed by atoms with Crippen LogP contribution in [-0.2, 0) is 36.0 Å². The van der Waals surface area contributed by atoms with E-state index < -0.39 is 5.41 Å². The molecule has 4 heterocycles. The normalized spacial score (nSPS) is 20.9. The van der Waals surface area contributed by atoms with E-state index in [1.54, 1.807) is 6.20 Å². The summed E-state index contributed by atoms with van der Waals surface area (Å²) in [6.07, 6.45) is 4.20. The fraction of sp³-hybridized carbons (Fsp3) is 0.222. The lowest BCUT2D eigenvalue weighted by molar-refractivity contribution is -0.120. The van der Waals surface area contributed by atoms with Gasteiger partial charge in [-0.05, 0) is 71.8 Å². The molecule has 0 radical (unpaired) electrons. The molecular weight excluding hydrogens is 396 g/mol. The lowest BCUT2D eigenvalue weighted by Gasteiger charge is -2.30. The summed E-state index contributed by atoms with van der Waals surface area (Å²) >= 11 is 0. The van der Waals surface area contributed by atoms with Gasteiger partial charge in [0.15, 0.2) is 0 Å². The van der Waals surface area contributed by atoms with Crippen LogP contribution in [0.2, 0.25) is 0 Å². The van der Waals surface area contributed by atoms with Crippen molar-refractivity contribution in [1.82, 2.24) is 9.97 Å². The van der Waals surface area contributed by atoms with Crippen LogP contribution in [0.25, 0.3) is 10.9 Å². The Morgan fingerprint density at radius 3 is 2.66 bits per heavy atom. The Kier molecular flexibility index (Phi) is 3.57. The molecular formula is C27H22N4O. The summed E-state index contributed by atoms with van der Waals surface area (Å²) in [7, 11) is 0. The number of nitrogens with one attached hydrogen (secondary N) is 1. The molecule has 1 N–H and O–H groups in total. The second-order valence-electron chi connectivity index (χ2n) is 9.21. The van der Waals surface area contributed by atoms with E-state index in [0.717, 1.165) is 41.8 Å². The van der Waals surface area contributed by atoms with E-state index in [2.05, 4.69) is 63.7 Å². The first-order valence-corrected chi connectivity index (χ1v) is 11.2. The second kappa shape index (κ2) is 6.39. The quantitative estimate of drug-likeness (QED) is 0.504. The molecule has 0 saturated carbocycles. The van der Waals surface area contributed by atoms with Crippen LogP contribution in [0.4, 0.5) is 11.6 Å². The summed E-state index contributed by atoms with van der Waals surface area (Å²) in [5, 5.41) is 4.13. The Balaban J connectivity index is 1.25. The zero-order valence-electron chi connectivity index (χ0n) is 17.6. The van der Waals surface area contributed by atoms with Crippen molar-refractivity contribution in [2.24, 2.45) is 0 Å². The van der Waals surface area contributed by atoms with E-state index in [-0.39, 0.29) is 5.91 Å². The molecule has 5 nitrogen and oxygen atoms in total. The lowest BCUT2D eigenvalue weighted by Crippen LogP contribution is -2.35. The number of amides is 1. The first-order chi connectivity index (χ1) is 15.7. The van der Waals surface area contributed by atoms with Crippen molar-refractivity contribution in [2.75, 3.05) is 16.8 Å². The van der Waals surface area contributed by atoms with Crippen molar-refractivity contribution in [2.45, 2.75) is 31.2 Å². The molecule has 2 aliphatic heterocycles. The molecule has 1 spiro atoms. The van der Waals surface area contributed by atoms with Crippen molar-refractivity contribution in [3.05, 3.63) is 94.7 Å². The van der Waals surface area contributed by atoms with Crippen molar-refractivity contribution in [1.29, 1.82) is 0 Å². The Bertz CT molecular complexity index is 1430. The summed E-state index contributed by atoms with van der Waals surface area (Å²) in [6.45, 7) is 1.88. The number of anilines is 2. The molecule has 2 aromatic carbocycles. The smallest absolute Gasteiger partial charge is 0.237 e. The van der Waals surface area contributed by atoms with Gasteiger partial charge in [0, 0.05) is 30.2 Å². The van der Waals surface area contributed by atoms with Crippen LogP contribution >= 0.6 is 0 Å². The van der Waals surface area contributed by atoms with Crippen molar-refractivity contribution in [3.63, 3.8) is 0 Å². The maximum Gasteiger partial charge on any atom is 0.237 e. The van der Waals surface area contributed by atoms with Gasteiger partial charge in [0.2, 0.25) is 5.91 Å². The van der Waals surface area contributed by atoms with Crippen LogP contribution in [-0.4, -0.2) is 22.4 Å². The Morgan fingerprint density at radius 1 is 0.906 bits per heavy atom. The van der Waals surface area contributed by atoms with Gasteiger partial charge in [0.05, 0.1) is 10.9 Å². The molecule has 1 aliphatic carbocycles. The molecule has 0 saturated heterocycles. The van der Waals surface area contributed by atoms with Gasteiger partial charge in [-0.2, -0.15) is 0 Å². The van der Waals surface area contributed by atoms with Gasteiger partial charge >= 0.3 is 0 Å². The number of rotatable bonds is 1. The average molecular weight is 419 g/mol. The highest BCUT2D eigenvalue weighted by atomic mass is 16.2. The Hall–Kier alpha value is -3.73. The van der Waals surface area contributed by atoms with Gasteiger partial charge in [-0.1, -0.05) is 30.3 Å². The van der Waals surface area contributed by atoms with Gasteiger partial charge in [0.1, 0.15) is 11.6 Å². The monoisotopic (exact) mass is 418 g/mol. The van der Waals surface area contributed by atoms with E-state index in [9.17, 15) is 4.79 Å². The third-order valence-corrected chi connectivity index (χ3v) is 7.42. The first kappa shape index (κ1) is 17.9. The third-order valence-electron chi connectivity index (χ3n) is 7.42. The Labute approximate surface area is 186 Å². The fourth-order valence-corrected chi connectivity index (χ4v) is 5.75. The molecule has 1 atom stereocenters. The minimum Gasteiger partial charge on any atom is -0.352 e. The van der Waals surface area contributed by atoms with Crippen molar-refractivity contribution < 1.29 is 4.79 Å². The summed E-state index contributed by atoms with van der Waals surface area (Å²) < 4.78 is 0. The fourth-order valence-electron chi connectivity index (χ4n) is 5.75. The van der Waals surface area contributed by atoms with Gasteiger partial charge in [-0.25, -0.2) is 9.97 Å². The third kappa shape index (κ3) is 2.48. The molecule has 32 heavy (non-hydrogen) atoms. The van der Waals surface area contributed by atoms with E-state index in [1.165, 1.54) is 22.3 Å². The number of aromatic nitrogens is 2. The molecule has 0 bridgehead atoms. The van der Waals surface area contributed by atoms with Crippen LogP contribution in [0.1, 0.15) is 27.8 Å². The number of carbonyl (C=O) groups excluding carboxylic acids is 1. The standard InChI is InChI=1S/C27H22N4O/c32-26-27(22-6-3-10-28-25(22)30-26)14-20-12-18-7-8-24(29-23(18)13-21(20)15-27)31-11-9-17-4-1-2-5-19(17)16-31/h1-8,10,12-13H,9,11,14-16H2,(H,28,30,32). The minimum absolute atomic E-state index is 0.0621. The highest BCUT2D eigenvalue weighted by Crippen LogP contribution is 2.47. The Morgan fingerprint density at radius 2 is 1.75 bits per heavy atom. The SMILES string of the molecule is O=C1Nc2ncccc2C12Cc1cc3ccc(N4CCc5ccccc5C4)nc3cc1C2. The minimum atomic E-state index is -0.539. The number of fused-ring (bicyclic) bond motifs is 5. The summed E-state index contributed by atoms with van der Waals surface area (Å²) in [4.78, 5) is 24.8. The van der Waals surface area contributed by atoms with Gasteiger partial charge in [-0.3, -0.25) is 4.79 Å². The summed E-state index contributed by atoms with van der Waals surface area (Å²) in [5.41, 5.74) is 6.77. The number of nitrogens with zero attached hydrogens (tertiary/aromatic N) is 3. The highest BCUT2D eigenvalue weighted by Gasteiger charge is 2.51. The maximum atomic E-state index is 13.0. The molecule has 5 heteroatoms. The molecule has 4 aromatic rings. The number of pyridine rings is 2. The van der Waals surface area contributed by atoms with Gasteiger partial charge in [-0.15, -0.1) is 0 Å². The second-order valence-corrected chi connectivity index (χ2v) is 9.21. The van der Waals surface area contributed by atoms with E-state index in [0.29, 0.717) is 18.7 Å². The van der Waals surface area contributed by atoms with Crippen LogP contribution in [0.15, 0.2) is 66.9 Å².